The number of rotatable bonds is 7. The van der Waals surface area contributed by atoms with E-state index in [1.165, 1.54) is 26.8 Å². The van der Waals surface area contributed by atoms with E-state index < -0.39 is 26.0 Å². The molecule has 2 aliphatic rings. The Bertz CT molecular complexity index is 1290. The average molecular weight is 561 g/mol. The van der Waals surface area contributed by atoms with Crippen molar-refractivity contribution in [3.05, 3.63) is 58.1 Å². The summed E-state index contributed by atoms with van der Waals surface area (Å²) in [5.74, 6) is -1.10. The van der Waals surface area contributed by atoms with E-state index in [0.717, 1.165) is 12.8 Å². The monoisotopic (exact) mass is 559 g/mol. The minimum Gasteiger partial charge on any atom is -0.326 e. The van der Waals surface area contributed by atoms with Crippen LogP contribution in [0.5, 0.6) is 0 Å². The number of nitrogens with zero attached hydrogens (tertiary/aromatic N) is 2. The molecule has 2 fully saturated rings. The highest BCUT2D eigenvalue weighted by atomic mass is 35.5. The Balaban J connectivity index is 1.39. The van der Waals surface area contributed by atoms with Crippen LogP contribution < -0.4 is 5.32 Å². The van der Waals surface area contributed by atoms with E-state index in [9.17, 15) is 21.6 Å². The number of benzene rings is 2. The van der Waals surface area contributed by atoms with E-state index in [0.29, 0.717) is 48.7 Å². The number of hydrogen-bond acceptors (Lipinski definition) is 5. The largest absolute Gasteiger partial charge is 0.326 e. The summed E-state index contributed by atoms with van der Waals surface area (Å²) in [4.78, 5) is 13.1. The normalized spacial score (nSPS) is 20.1. The number of halogens is 2. The molecule has 1 atom stereocenters. The van der Waals surface area contributed by atoms with Gasteiger partial charge < -0.3 is 5.32 Å². The molecular formula is C23H27Cl2N3O5S2. The summed E-state index contributed by atoms with van der Waals surface area (Å²) in [6, 6.07) is 10.8. The lowest BCUT2D eigenvalue weighted by Crippen LogP contribution is -2.44. The smallest absolute Gasteiger partial charge is 0.243 e. The van der Waals surface area contributed by atoms with Gasteiger partial charge in [-0.2, -0.15) is 4.31 Å². The lowest BCUT2D eigenvalue weighted by atomic mass is 9.99. The third-order valence-electron chi connectivity index (χ3n) is 6.33. The standard InChI is InChI=1S/C23H27Cl2N3O5S2/c24-19-6-5-18(22(25)14-19)16-34(30,31)28-13-3-4-17(15-28)23(29)26-20-7-9-21(10-8-20)35(32,33)27-11-1-2-12-27/h5-10,14,17H,1-4,11-13,15-16H2,(H,26,29)/t17-/m1/s1. The lowest BCUT2D eigenvalue weighted by Gasteiger charge is -2.31. The second-order valence-electron chi connectivity index (χ2n) is 8.81. The van der Waals surface area contributed by atoms with Crippen LogP contribution in [0.15, 0.2) is 47.4 Å². The van der Waals surface area contributed by atoms with Crippen molar-refractivity contribution < 1.29 is 21.6 Å². The molecule has 2 aliphatic heterocycles. The van der Waals surface area contributed by atoms with Crippen LogP contribution in [0.25, 0.3) is 0 Å². The van der Waals surface area contributed by atoms with Crippen molar-refractivity contribution in [2.24, 2.45) is 5.92 Å². The minimum absolute atomic E-state index is 0.0702. The van der Waals surface area contributed by atoms with Crippen LogP contribution in [-0.4, -0.2) is 57.5 Å². The molecule has 2 aromatic rings. The molecule has 35 heavy (non-hydrogen) atoms. The molecular weight excluding hydrogens is 533 g/mol. The van der Waals surface area contributed by atoms with Gasteiger partial charge in [0, 0.05) is 41.9 Å². The third kappa shape index (κ3) is 6.18. The van der Waals surface area contributed by atoms with Crippen molar-refractivity contribution in [2.75, 3.05) is 31.5 Å². The van der Waals surface area contributed by atoms with E-state index in [4.69, 9.17) is 23.2 Å². The highest BCUT2D eigenvalue weighted by Crippen LogP contribution is 2.27. The molecule has 1 amide bonds. The van der Waals surface area contributed by atoms with Crippen molar-refractivity contribution in [2.45, 2.75) is 36.3 Å². The molecule has 2 saturated heterocycles. The highest BCUT2D eigenvalue weighted by molar-refractivity contribution is 7.89. The van der Waals surface area contributed by atoms with Gasteiger partial charge in [0.2, 0.25) is 26.0 Å². The van der Waals surface area contributed by atoms with Crippen molar-refractivity contribution in [3.8, 4) is 0 Å². The Morgan fingerprint density at radius 3 is 2.23 bits per heavy atom. The number of carbonyl (C=O) groups is 1. The quantitative estimate of drug-likeness (QED) is 0.552. The zero-order valence-corrected chi connectivity index (χ0v) is 22.1. The summed E-state index contributed by atoms with van der Waals surface area (Å²) in [6.07, 6.45) is 2.82. The molecule has 0 aliphatic carbocycles. The summed E-state index contributed by atoms with van der Waals surface area (Å²) in [6.45, 7) is 1.44. The molecule has 0 spiro atoms. The fraction of sp³-hybridized carbons (Fsp3) is 0.435. The van der Waals surface area contributed by atoms with Gasteiger partial charge in [-0.25, -0.2) is 21.1 Å². The topological polar surface area (TPSA) is 104 Å². The molecule has 190 valence electrons. The van der Waals surface area contributed by atoms with Gasteiger partial charge in [0.1, 0.15) is 0 Å². The van der Waals surface area contributed by atoms with E-state index in [-0.39, 0.29) is 28.1 Å². The van der Waals surface area contributed by atoms with Gasteiger partial charge in [-0.3, -0.25) is 4.79 Å². The van der Waals surface area contributed by atoms with Gasteiger partial charge in [0.05, 0.1) is 16.6 Å². The molecule has 12 heteroatoms. The molecule has 1 N–H and O–H groups in total. The van der Waals surface area contributed by atoms with E-state index in [1.54, 1.807) is 24.3 Å². The van der Waals surface area contributed by atoms with Crippen molar-refractivity contribution in [3.63, 3.8) is 0 Å². The number of anilines is 1. The third-order valence-corrected chi connectivity index (χ3v) is 10.6. The summed E-state index contributed by atoms with van der Waals surface area (Å²) in [5.41, 5.74) is 0.912. The number of piperidine rings is 1. The fourth-order valence-corrected chi connectivity index (χ4v) is 8.08. The second kappa shape index (κ2) is 10.7. The first-order valence-corrected chi connectivity index (χ1v) is 15.2. The Kier molecular flexibility index (Phi) is 8.09. The number of nitrogens with one attached hydrogen (secondary N) is 1. The molecule has 0 radical (unpaired) electrons. The molecule has 0 unspecified atom stereocenters. The highest BCUT2D eigenvalue weighted by Gasteiger charge is 2.33. The molecule has 2 heterocycles. The first-order chi connectivity index (χ1) is 16.6. The first kappa shape index (κ1) is 26.4. The Morgan fingerprint density at radius 2 is 1.57 bits per heavy atom. The second-order valence-corrected chi connectivity index (χ2v) is 13.6. The van der Waals surface area contributed by atoms with Gasteiger partial charge in [-0.15, -0.1) is 0 Å². The Morgan fingerprint density at radius 1 is 0.914 bits per heavy atom. The maximum absolute atomic E-state index is 13.0. The summed E-state index contributed by atoms with van der Waals surface area (Å²) < 4.78 is 54.2. The van der Waals surface area contributed by atoms with Crippen LogP contribution in [-0.2, 0) is 30.6 Å². The van der Waals surface area contributed by atoms with Crippen LogP contribution in [0.3, 0.4) is 0 Å². The van der Waals surface area contributed by atoms with E-state index >= 15 is 0 Å². The molecule has 0 saturated carbocycles. The first-order valence-electron chi connectivity index (χ1n) is 11.4. The maximum atomic E-state index is 13.0. The molecule has 8 nitrogen and oxygen atoms in total. The van der Waals surface area contributed by atoms with Crippen LogP contribution >= 0.6 is 23.2 Å². The molecule has 4 rings (SSSR count). The fourth-order valence-electron chi connectivity index (χ4n) is 4.37. The summed E-state index contributed by atoms with van der Waals surface area (Å²) in [7, 11) is -7.22. The van der Waals surface area contributed by atoms with Crippen LogP contribution in [0.2, 0.25) is 10.0 Å². The van der Waals surface area contributed by atoms with Crippen LogP contribution in [0.1, 0.15) is 31.2 Å². The van der Waals surface area contributed by atoms with Crippen molar-refractivity contribution >= 4 is 54.8 Å². The predicted molar refractivity (Wildman–Crippen MR) is 136 cm³/mol. The maximum Gasteiger partial charge on any atom is 0.243 e. The van der Waals surface area contributed by atoms with Crippen LogP contribution in [0, 0.1) is 5.92 Å². The van der Waals surface area contributed by atoms with Crippen molar-refractivity contribution in [1.82, 2.24) is 8.61 Å². The van der Waals surface area contributed by atoms with Gasteiger partial charge in [-0.05, 0) is 67.6 Å². The van der Waals surface area contributed by atoms with Crippen LogP contribution in [0.4, 0.5) is 5.69 Å². The van der Waals surface area contributed by atoms with E-state index in [1.807, 2.05) is 0 Å². The molecule has 2 aromatic carbocycles. The predicted octanol–water partition coefficient (Wildman–Crippen LogP) is 3.96. The number of hydrogen-bond donors (Lipinski definition) is 1. The SMILES string of the molecule is O=C(Nc1ccc(S(=O)(=O)N2CCCC2)cc1)[C@@H]1CCCN(S(=O)(=O)Cc2ccc(Cl)cc2Cl)C1. The van der Waals surface area contributed by atoms with Crippen molar-refractivity contribution in [1.29, 1.82) is 0 Å². The van der Waals surface area contributed by atoms with Gasteiger partial charge in [0.15, 0.2) is 0 Å². The van der Waals surface area contributed by atoms with Gasteiger partial charge in [-0.1, -0.05) is 29.3 Å². The number of amides is 1. The Hall–Kier alpha value is -1.69. The van der Waals surface area contributed by atoms with Gasteiger partial charge in [0.25, 0.3) is 0 Å². The number of sulfonamides is 2. The summed E-state index contributed by atoms with van der Waals surface area (Å²) in [5, 5.41) is 3.50. The minimum atomic E-state index is -3.69. The Labute approximate surface area is 216 Å². The lowest BCUT2D eigenvalue weighted by molar-refractivity contribution is -0.120. The summed E-state index contributed by atoms with van der Waals surface area (Å²) >= 11 is 12.0. The molecule has 0 aromatic heterocycles. The number of carbonyl (C=O) groups excluding carboxylic acids is 1. The average Bonchev–Trinajstić information content (AvgIpc) is 3.37. The zero-order chi connectivity index (χ0) is 25.2. The van der Waals surface area contributed by atoms with E-state index in [2.05, 4.69) is 5.32 Å². The molecule has 0 bridgehead atoms. The zero-order valence-electron chi connectivity index (χ0n) is 19.0. The van der Waals surface area contributed by atoms with Gasteiger partial charge >= 0.3 is 0 Å².